The van der Waals surface area contributed by atoms with Gasteiger partial charge in [-0.25, -0.2) is 24.3 Å². The Kier molecular flexibility index (Phi) is 9.65. The summed E-state index contributed by atoms with van der Waals surface area (Å²) in [7, 11) is -2.59. The number of nitrogens with zero attached hydrogens (tertiary/aromatic N) is 2. The minimum absolute atomic E-state index is 0. The smallest absolute Gasteiger partial charge is 0.330 e. The minimum atomic E-state index is -1.29. The topological polar surface area (TPSA) is 6.48 Å². The molecule has 0 unspecified atom stereocenters. The zero-order chi connectivity index (χ0) is 20.0. The van der Waals surface area contributed by atoms with Gasteiger partial charge in [0.05, 0.1) is 16.5 Å². The Morgan fingerprint density at radius 2 is 0.793 bits per heavy atom. The van der Waals surface area contributed by atoms with Gasteiger partial charge in [0, 0.05) is 0 Å². The molecule has 0 aliphatic carbocycles. The molecular formula is C24H40FeN2Si2. The molecule has 2 saturated heterocycles. The van der Waals surface area contributed by atoms with E-state index < -0.39 is 16.5 Å². The standard InChI is InChI=1S/2C12H20NSi.Fe/c2*1-14(2,12-8-4-5-9-12)13-10-6-3-7-11-13;/h2*4-5,8-9H,3,6-7,10-11H2,1-2H3;/q2*-1;+2. The first-order valence-electron chi connectivity index (χ1n) is 11.4. The van der Waals surface area contributed by atoms with E-state index in [-0.39, 0.29) is 17.1 Å². The van der Waals surface area contributed by atoms with Crippen LogP contribution >= 0.6 is 0 Å². The molecule has 0 aromatic heterocycles. The molecule has 0 atom stereocenters. The Bertz CT molecular complexity index is 608. The minimum Gasteiger partial charge on any atom is -0.330 e. The zero-order valence-electron chi connectivity index (χ0n) is 18.9. The molecule has 0 bridgehead atoms. The van der Waals surface area contributed by atoms with Gasteiger partial charge in [0.25, 0.3) is 0 Å². The van der Waals surface area contributed by atoms with Crippen LogP contribution in [0, 0.1) is 0 Å². The molecule has 0 N–H and O–H groups in total. The van der Waals surface area contributed by atoms with Gasteiger partial charge in [-0.05, 0) is 51.9 Å². The van der Waals surface area contributed by atoms with Crippen LogP contribution in [0.3, 0.4) is 0 Å². The van der Waals surface area contributed by atoms with Crippen molar-refractivity contribution in [2.45, 2.75) is 64.7 Å². The van der Waals surface area contributed by atoms with Crippen LogP contribution in [0.4, 0.5) is 0 Å². The summed E-state index contributed by atoms with van der Waals surface area (Å²) in [5, 5.41) is 3.19. The summed E-state index contributed by atoms with van der Waals surface area (Å²) >= 11 is 0. The van der Waals surface area contributed by atoms with E-state index in [0.29, 0.717) is 0 Å². The molecule has 2 fully saturated rings. The van der Waals surface area contributed by atoms with Crippen LogP contribution in [0.2, 0.25) is 26.2 Å². The third-order valence-electron chi connectivity index (χ3n) is 7.03. The normalized spacial score (nSPS) is 19.2. The van der Waals surface area contributed by atoms with Crippen molar-refractivity contribution in [3.63, 3.8) is 0 Å². The quantitative estimate of drug-likeness (QED) is 0.478. The monoisotopic (exact) mass is 468 g/mol. The molecule has 2 nitrogen and oxygen atoms in total. The van der Waals surface area contributed by atoms with E-state index in [2.05, 4.69) is 83.8 Å². The maximum Gasteiger partial charge on any atom is 2.00 e. The van der Waals surface area contributed by atoms with Crippen molar-refractivity contribution in [3.05, 3.63) is 48.5 Å². The summed E-state index contributed by atoms with van der Waals surface area (Å²) in [5.74, 6) is 0. The molecule has 0 amide bonds. The van der Waals surface area contributed by atoms with Gasteiger partial charge in [0.2, 0.25) is 0 Å². The summed E-state index contributed by atoms with van der Waals surface area (Å²) in [6, 6.07) is 17.9. The molecule has 162 valence electrons. The van der Waals surface area contributed by atoms with Gasteiger partial charge in [-0.3, -0.25) is 0 Å². The molecule has 0 spiro atoms. The second kappa shape index (κ2) is 11.3. The SMILES string of the molecule is C[Si](C)([c-]1cccc1)N1CCCCC1.C[Si](C)([c-]1cccc1)N1CCCCC1.[Fe+2]. The Hall–Kier alpha value is -0.427. The fourth-order valence-corrected chi connectivity index (χ4v) is 10.4. The van der Waals surface area contributed by atoms with Crippen molar-refractivity contribution < 1.29 is 17.1 Å². The predicted molar refractivity (Wildman–Crippen MR) is 129 cm³/mol. The van der Waals surface area contributed by atoms with Crippen molar-refractivity contribution in [2.75, 3.05) is 26.2 Å². The fourth-order valence-electron chi connectivity index (χ4n) is 4.83. The second-order valence-electron chi connectivity index (χ2n) is 9.56. The molecule has 0 saturated carbocycles. The molecule has 5 heteroatoms. The van der Waals surface area contributed by atoms with Gasteiger partial charge in [0.1, 0.15) is 0 Å². The van der Waals surface area contributed by atoms with E-state index in [1.54, 1.807) is 10.4 Å². The van der Waals surface area contributed by atoms with E-state index in [1.165, 1.54) is 64.7 Å². The Morgan fingerprint density at radius 3 is 1.07 bits per heavy atom. The average Bonchev–Trinajstić information content (AvgIpc) is 3.44. The summed E-state index contributed by atoms with van der Waals surface area (Å²) in [5.41, 5.74) is 0. The molecule has 2 aliphatic rings. The fraction of sp³-hybridized carbons (Fsp3) is 0.583. The Labute approximate surface area is 192 Å². The van der Waals surface area contributed by atoms with E-state index in [4.69, 9.17) is 0 Å². The van der Waals surface area contributed by atoms with Crippen molar-refractivity contribution >= 4 is 26.8 Å². The largest absolute Gasteiger partial charge is 2.00 e. The number of piperidine rings is 2. The van der Waals surface area contributed by atoms with Crippen LogP contribution in [0.1, 0.15) is 38.5 Å². The van der Waals surface area contributed by atoms with Crippen LogP contribution in [0.25, 0.3) is 0 Å². The first-order valence-corrected chi connectivity index (χ1v) is 17.3. The summed E-state index contributed by atoms with van der Waals surface area (Å²) in [6.07, 6.45) is 8.46. The third-order valence-corrected chi connectivity index (χ3v) is 14.6. The number of hydrogen-bond acceptors (Lipinski definition) is 2. The molecule has 4 rings (SSSR count). The first-order chi connectivity index (χ1) is 13.4. The van der Waals surface area contributed by atoms with Crippen molar-refractivity contribution in [3.8, 4) is 0 Å². The first kappa shape index (κ1) is 24.8. The average molecular weight is 469 g/mol. The predicted octanol–water partition coefficient (Wildman–Crippen LogP) is 4.60. The van der Waals surface area contributed by atoms with Gasteiger partial charge in [-0.1, -0.05) is 39.0 Å². The summed E-state index contributed by atoms with van der Waals surface area (Å²) in [6.45, 7) is 15.2. The molecule has 2 aromatic carbocycles. The van der Waals surface area contributed by atoms with E-state index in [1.807, 2.05) is 0 Å². The summed E-state index contributed by atoms with van der Waals surface area (Å²) in [4.78, 5) is 0. The Balaban J connectivity index is 0.000000200. The molecule has 2 aliphatic heterocycles. The molecule has 2 aromatic rings. The molecule has 0 radical (unpaired) electrons. The molecule has 2 heterocycles. The van der Waals surface area contributed by atoms with Crippen LogP contribution in [0.15, 0.2) is 48.5 Å². The van der Waals surface area contributed by atoms with Crippen LogP contribution < -0.4 is 10.4 Å². The van der Waals surface area contributed by atoms with E-state index in [9.17, 15) is 0 Å². The van der Waals surface area contributed by atoms with Gasteiger partial charge in [-0.15, -0.1) is 10.4 Å². The Morgan fingerprint density at radius 1 is 0.517 bits per heavy atom. The number of rotatable bonds is 4. The van der Waals surface area contributed by atoms with Crippen LogP contribution in [-0.4, -0.2) is 51.8 Å². The van der Waals surface area contributed by atoms with Crippen molar-refractivity contribution in [2.24, 2.45) is 0 Å². The maximum atomic E-state index is 2.76. The maximum absolute atomic E-state index is 2.76. The zero-order valence-corrected chi connectivity index (χ0v) is 22.0. The van der Waals surface area contributed by atoms with Crippen molar-refractivity contribution in [1.29, 1.82) is 0 Å². The summed E-state index contributed by atoms with van der Waals surface area (Å²) < 4.78 is 5.51. The van der Waals surface area contributed by atoms with Crippen LogP contribution in [0.5, 0.6) is 0 Å². The van der Waals surface area contributed by atoms with Crippen molar-refractivity contribution in [1.82, 2.24) is 9.13 Å². The van der Waals surface area contributed by atoms with E-state index >= 15 is 0 Å². The third kappa shape index (κ3) is 6.28. The van der Waals surface area contributed by atoms with Crippen LogP contribution in [-0.2, 0) is 17.1 Å². The van der Waals surface area contributed by atoms with E-state index in [0.717, 1.165) is 0 Å². The molecule has 29 heavy (non-hydrogen) atoms. The van der Waals surface area contributed by atoms with Gasteiger partial charge in [-0.2, -0.15) is 24.3 Å². The van der Waals surface area contributed by atoms with Gasteiger partial charge < -0.3 is 9.13 Å². The molecular weight excluding hydrogens is 428 g/mol. The second-order valence-corrected chi connectivity index (χ2v) is 18.2. The van der Waals surface area contributed by atoms with Gasteiger partial charge >= 0.3 is 17.1 Å². The van der Waals surface area contributed by atoms with Gasteiger partial charge in [0.15, 0.2) is 0 Å². The number of hydrogen-bond donors (Lipinski definition) is 0.